The molecule has 4 nitrogen and oxygen atoms in total. The maximum absolute atomic E-state index is 5.55. The van der Waals surface area contributed by atoms with Crippen molar-refractivity contribution in [1.29, 1.82) is 0 Å². The lowest BCUT2D eigenvalue weighted by atomic mass is 10.0. The van der Waals surface area contributed by atoms with E-state index in [1.54, 1.807) is 0 Å². The lowest BCUT2D eigenvalue weighted by Crippen LogP contribution is -2.36. The first-order valence-electron chi connectivity index (χ1n) is 10.8. The highest BCUT2D eigenvalue weighted by Gasteiger charge is 2.23. The quantitative estimate of drug-likeness (QED) is 0.587. The van der Waals surface area contributed by atoms with Crippen LogP contribution in [0, 0.1) is 0 Å². The van der Waals surface area contributed by atoms with Gasteiger partial charge in [0, 0.05) is 58.3 Å². The van der Waals surface area contributed by atoms with Crippen molar-refractivity contribution in [2.75, 3.05) is 25.1 Å². The molecule has 2 aromatic rings. The Bertz CT molecular complexity index is 972. The summed E-state index contributed by atoms with van der Waals surface area (Å²) in [4.78, 5) is 0. The topological polar surface area (TPSA) is 38.2 Å². The van der Waals surface area contributed by atoms with E-state index in [2.05, 4.69) is 66.6 Å². The van der Waals surface area contributed by atoms with Crippen molar-refractivity contribution in [2.45, 2.75) is 51.5 Å². The van der Waals surface area contributed by atoms with Crippen molar-refractivity contribution in [2.24, 2.45) is 0 Å². The van der Waals surface area contributed by atoms with Gasteiger partial charge in [0.2, 0.25) is 0 Å². The van der Waals surface area contributed by atoms with E-state index in [9.17, 15) is 0 Å². The fraction of sp³-hybridized carbons (Fsp3) is 0.440. The minimum atomic E-state index is 0.156. The molecule has 0 aliphatic carbocycles. The number of aromatic nitrogens is 1. The zero-order valence-electron chi connectivity index (χ0n) is 17.9. The molecule has 1 fully saturated rings. The molecule has 1 aromatic heterocycles. The zero-order chi connectivity index (χ0) is 20.8. The van der Waals surface area contributed by atoms with Gasteiger partial charge < -0.3 is 19.9 Å². The molecule has 0 amide bonds. The van der Waals surface area contributed by atoms with Crippen LogP contribution in [0.25, 0.3) is 23.9 Å². The summed E-state index contributed by atoms with van der Waals surface area (Å²) in [5.74, 6) is 0. The summed E-state index contributed by atoms with van der Waals surface area (Å²) >= 11 is 0. The Hall–Kier alpha value is -2.46. The molecule has 1 aliphatic heterocycles. The predicted molar refractivity (Wildman–Crippen MR) is 125 cm³/mol. The number of anilines is 1. The van der Waals surface area contributed by atoms with Crippen LogP contribution in [0.5, 0.6) is 0 Å². The van der Waals surface area contributed by atoms with E-state index in [4.69, 9.17) is 4.74 Å². The second-order valence-electron chi connectivity index (χ2n) is 7.90. The number of nitrogens with one attached hydrogen (secondary N) is 2. The molecule has 156 valence electrons. The number of hydrogen-bond acceptors (Lipinski definition) is 3. The summed E-state index contributed by atoms with van der Waals surface area (Å²) in [6.07, 6.45) is 6.41. The molecular weight excluding hydrogens is 358 g/mol. The van der Waals surface area contributed by atoms with E-state index in [1.165, 1.54) is 11.8 Å². The summed E-state index contributed by atoms with van der Waals surface area (Å²) < 4.78 is 7.79. The maximum Gasteiger partial charge on any atom is 0.0738 e. The lowest BCUT2D eigenvalue weighted by molar-refractivity contribution is 0.131. The third-order valence-electron chi connectivity index (χ3n) is 5.65. The van der Waals surface area contributed by atoms with Crippen LogP contribution in [0.15, 0.2) is 42.8 Å². The van der Waals surface area contributed by atoms with Crippen molar-refractivity contribution >= 4 is 29.6 Å². The van der Waals surface area contributed by atoms with Crippen molar-refractivity contribution in [3.05, 3.63) is 53.4 Å². The van der Waals surface area contributed by atoms with Crippen LogP contribution in [0.4, 0.5) is 5.69 Å². The van der Waals surface area contributed by atoms with Crippen LogP contribution >= 0.6 is 0 Å². The normalized spacial score (nSPS) is 16.9. The monoisotopic (exact) mass is 393 g/mol. The maximum atomic E-state index is 5.55. The minimum absolute atomic E-state index is 0.156. The number of benzene rings is 1. The van der Waals surface area contributed by atoms with E-state index in [0.29, 0.717) is 0 Å². The fourth-order valence-electron chi connectivity index (χ4n) is 4.16. The standard InChI is InChI=1S/C25H35N3O/c1-6-16-29-17-9-7-8-15-26-23-12-10-11-22-20(4)28(21(5)25(22)23)24-14-13-18(2)27-19(24)3/h10-12,24,26-27H,2-9,13-17H2,1H3. The molecule has 1 aromatic carbocycles. The average Bonchev–Trinajstić information content (AvgIpc) is 2.95. The molecule has 4 heteroatoms. The van der Waals surface area contributed by atoms with Crippen molar-refractivity contribution in [1.82, 2.24) is 9.88 Å². The summed E-state index contributed by atoms with van der Waals surface area (Å²) in [6.45, 7) is 21.9. The van der Waals surface area contributed by atoms with E-state index in [-0.39, 0.29) is 6.04 Å². The lowest BCUT2D eigenvalue weighted by Gasteiger charge is -2.29. The van der Waals surface area contributed by atoms with Crippen LogP contribution in [0.2, 0.25) is 0 Å². The molecule has 1 saturated heterocycles. The van der Waals surface area contributed by atoms with E-state index in [1.807, 2.05) is 0 Å². The molecule has 1 aliphatic rings. The highest BCUT2D eigenvalue weighted by atomic mass is 16.5. The predicted octanol–water partition coefficient (Wildman–Crippen LogP) is 4.42. The van der Waals surface area contributed by atoms with Crippen LogP contribution in [-0.4, -0.2) is 24.3 Å². The van der Waals surface area contributed by atoms with E-state index < -0.39 is 0 Å². The second-order valence-corrected chi connectivity index (χ2v) is 7.90. The van der Waals surface area contributed by atoms with Crippen LogP contribution in [0.1, 0.15) is 51.5 Å². The highest BCUT2D eigenvalue weighted by Crippen LogP contribution is 2.27. The Morgan fingerprint density at radius 1 is 1.10 bits per heavy atom. The minimum Gasteiger partial charge on any atom is -0.384 e. The molecule has 0 saturated carbocycles. The third kappa shape index (κ3) is 4.76. The summed E-state index contributed by atoms with van der Waals surface area (Å²) in [6, 6.07) is 6.53. The van der Waals surface area contributed by atoms with Gasteiger partial charge in [-0.2, -0.15) is 0 Å². The Kier molecular flexibility index (Phi) is 7.21. The fourth-order valence-corrected chi connectivity index (χ4v) is 4.16. The van der Waals surface area contributed by atoms with Gasteiger partial charge in [-0.15, -0.1) is 0 Å². The summed E-state index contributed by atoms with van der Waals surface area (Å²) in [5.41, 5.74) is 3.13. The Morgan fingerprint density at radius 3 is 2.69 bits per heavy atom. The number of allylic oxidation sites excluding steroid dienone is 2. The van der Waals surface area contributed by atoms with Gasteiger partial charge in [0.15, 0.2) is 0 Å². The number of nitrogens with zero attached hydrogens (tertiary/aromatic N) is 1. The second kappa shape index (κ2) is 9.84. The van der Waals surface area contributed by atoms with Gasteiger partial charge in [0.05, 0.1) is 6.04 Å². The molecular formula is C25H35N3O. The molecule has 2 N–H and O–H groups in total. The van der Waals surface area contributed by atoms with Gasteiger partial charge in [0.1, 0.15) is 0 Å². The zero-order valence-corrected chi connectivity index (χ0v) is 17.9. The van der Waals surface area contributed by atoms with Gasteiger partial charge in [-0.25, -0.2) is 0 Å². The Balaban J connectivity index is 1.72. The average molecular weight is 394 g/mol. The number of fused-ring (bicyclic) bond motifs is 1. The number of unbranched alkanes of at least 4 members (excludes halogenated alkanes) is 2. The van der Waals surface area contributed by atoms with Crippen LogP contribution in [-0.2, 0) is 4.74 Å². The van der Waals surface area contributed by atoms with Crippen molar-refractivity contribution in [3.63, 3.8) is 0 Å². The first kappa shape index (κ1) is 21.3. The highest BCUT2D eigenvalue weighted by molar-refractivity contribution is 5.94. The molecule has 0 spiro atoms. The van der Waals surface area contributed by atoms with Crippen LogP contribution < -0.4 is 21.3 Å². The number of ether oxygens (including phenoxy) is 1. The Labute approximate surface area is 174 Å². The van der Waals surface area contributed by atoms with Gasteiger partial charge in [-0.1, -0.05) is 45.4 Å². The van der Waals surface area contributed by atoms with Gasteiger partial charge in [-0.05, 0) is 44.6 Å². The third-order valence-corrected chi connectivity index (χ3v) is 5.65. The molecule has 1 atom stereocenters. The number of rotatable bonds is 10. The van der Waals surface area contributed by atoms with Gasteiger partial charge >= 0.3 is 0 Å². The largest absolute Gasteiger partial charge is 0.384 e. The summed E-state index contributed by atoms with van der Waals surface area (Å²) in [7, 11) is 0. The first-order chi connectivity index (χ1) is 14.0. The van der Waals surface area contributed by atoms with Crippen molar-refractivity contribution in [3.8, 4) is 0 Å². The smallest absolute Gasteiger partial charge is 0.0738 e. The van der Waals surface area contributed by atoms with E-state index >= 15 is 0 Å². The SMILES string of the molecule is C=C1CCC(n2c(=C)c3cccc(NCCCCCOCCC)c3c2=C)C(=C)N1. The molecule has 0 bridgehead atoms. The number of piperidine rings is 1. The molecule has 3 rings (SSSR count). The Morgan fingerprint density at radius 2 is 1.93 bits per heavy atom. The molecule has 2 heterocycles. The van der Waals surface area contributed by atoms with Crippen molar-refractivity contribution < 1.29 is 4.74 Å². The van der Waals surface area contributed by atoms with E-state index in [0.717, 1.165) is 85.0 Å². The van der Waals surface area contributed by atoms with Gasteiger partial charge in [-0.3, -0.25) is 0 Å². The molecule has 0 radical (unpaired) electrons. The molecule has 29 heavy (non-hydrogen) atoms. The van der Waals surface area contributed by atoms with Gasteiger partial charge in [0.25, 0.3) is 0 Å². The molecule has 1 unspecified atom stereocenters. The summed E-state index contributed by atoms with van der Waals surface area (Å²) in [5, 5.41) is 11.3. The van der Waals surface area contributed by atoms with Crippen LogP contribution in [0.3, 0.4) is 0 Å². The first-order valence-corrected chi connectivity index (χ1v) is 10.8. The number of hydrogen-bond donors (Lipinski definition) is 2.